The molecule has 8 nitrogen and oxygen atoms in total. The van der Waals surface area contributed by atoms with Gasteiger partial charge in [0.15, 0.2) is 11.7 Å². The molecule has 88 valence electrons. The second kappa shape index (κ2) is 4.60. The zero-order valence-corrected chi connectivity index (χ0v) is 9.61. The summed E-state index contributed by atoms with van der Waals surface area (Å²) in [4.78, 5) is 22.8. The molecule has 0 aliphatic carbocycles. The number of hydrazone groups is 2. The van der Waals surface area contributed by atoms with Gasteiger partial charge in [-0.2, -0.15) is 10.0 Å². The van der Waals surface area contributed by atoms with Crippen molar-refractivity contribution >= 4 is 23.7 Å². The Bertz CT molecular complexity index is 339. The third kappa shape index (κ3) is 2.10. The van der Waals surface area contributed by atoms with Gasteiger partial charge in [-0.1, -0.05) is 0 Å². The smallest absolute Gasteiger partial charge is 0.339 e. The zero-order valence-electron chi connectivity index (χ0n) is 9.61. The Kier molecular flexibility index (Phi) is 3.44. The van der Waals surface area contributed by atoms with Crippen LogP contribution in [0.2, 0.25) is 0 Å². The number of carbonyl (C=O) groups excluding carboxylic acids is 2. The minimum atomic E-state index is -0.405. The van der Waals surface area contributed by atoms with Gasteiger partial charge in [0.05, 0.1) is 0 Å². The van der Waals surface area contributed by atoms with Crippen molar-refractivity contribution in [2.45, 2.75) is 13.8 Å². The lowest BCUT2D eigenvalue weighted by molar-refractivity contribution is 0.212. The fraction of sp³-hybridized carbons (Fsp3) is 0.500. The van der Waals surface area contributed by atoms with Gasteiger partial charge in [-0.15, -0.1) is 10.2 Å². The highest BCUT2D eigenvalue weighted by atomic mass is 16.2. The van der Waals surface area contributed by atoms with Crippen molar-refractivity contribution in [3.8, 4) is 0 Å². The van der Waals surface area contributed by atoms with Crippen molar-refractivity contribution < 1.29 is 9.59 Å². The molecule has 4 amide bonds. The average Bonchev–Trinajstić information content (AvgIpc) is 2.29. The highest BCUT2D eigenvalue weighted by molar-refractivity contribution is 6.04. The van der Waals surface area contributed by atoms with Gasteiger partial charge in [-0.05, 0) is 13.8 Å². The fourth-order valence-corrected chi connectivity index (χ4v) is 1.12. The molecular formula is C8H14N6O2. The topological polar surface area (TPSA) is 89.4 Å². The number of hydrogen-bond acceptors (Lipinski definition) is 4. The van der Waals surface area contributed by atoms with Crippen LogP contribution in [0.25, 0.3) is 0 Å². The van der Waals surface area contributed by atoms with Crippen LogP contribution in [0, 0.1) is 0 Å². The molecule has 0 saturated carbocycles. The van der Waals surface area contributed by atoms with E-state index < -0.39 is 12.1 Å². The lowest BCUT2D eigenvalue weighted by atomic mass is 10.5. The number of nitrogens with zero attached hydrogens (tertiary/aromatic N) is 4. The van der Waals surface area contributed by atoms with Crippen LogP contribution in [0.15, 0.2) is 10.2 Å². The van der Waals surface area contributed by atoms with E-state index in [2.05, 4.69) is 20.8 Å². The Morgan fingerprint density at radius 2 is 1.25 bits per heavy atom. The van der Waals surface area contributed by atoms with Gasteiger partial charge in [-0.25, -0.2) is 9.59 Å². The third-order valence-electron chi connectivity index (χ3n) is 1.91. The highest BCUT2D eigenvalue weighted by Crippen LogP contribution is 2.07. The molecule has 0 radical (unpaired) electrons. The number of carbonyl (C=O) groups is 2. The standard InChI is InChI=1S/C8H14N6O2/c1-5-11-14(8(16)10-4)6(2)12-13(5)7(15)9-3/h1-4H3,(H,9,15)(H,10,16). The number of urea groups is 2. The molecule has 0 atom stereocenters. The predicted molar refractivity (Wildman–Crippen MR) is 58.8 cm³/mol. The second-order valence-corrected chi connectivity index (χ2v) is 3.03. The quantitative estimate of drug-likeness (QED) is 0.606. The molecule has 0 spiro atoms. The van der Waals surface area contributed by atoms with Crippen LogP contribution in [-0.4, -0.2) is 47.8 Å². The van der Waals surface area contributed by atoms with Crippen molar-refractivity contribution in [1.82, 2.24) is 20.7 Å². The molecule has 0 fully saturated rings. The van der Waals surface area contributed by atoms with Gasteiger partial charge in [-0.3, -0.25) is 0 Å². The predicted octanol–water partition coefficient (Wildman–Crippen LogP) is -0.0504. The largest absolute Gasteiger partial charge is 0.343 e. The van der Waals surface area contributed by atoms with Crippen molar-refractivity contribution in [2.24, 2.45) is 10.2 Å². The minimum absolute atomic E-state index is 0.313. The van der Waals surface area contributed by atoms with Crippen LogP contribution in [0.5, 0.6) is 0 Å². The molecular weight excluding hydrogens is 212 g/mol. The number of amides is 4. The Morgan fingerprint density at radius 1 is 0.938 bits per heavy atom. The van der Waals surface area contributed by atoms with E-state index in [1.54, 1.807) is 13.8 Å². The fourth-order valence-electron chi connectivity index (χ4n) is 1.12. The van der Waals surface area contributed by atoms with Crippen LogP contribution in [0.1, 0.15) is 13.8 Å². The maximum Gasteiger partial charge on any atom is 0.343 e. The van der Waals surface area contributed by atoms with E-state index >= 15 is 0 Å². The molecule has 1 aliphatic heterocycles. The Hall–Kier alpha value is -2.12. The first-order valence-electron chi connectivity index (χ1n) is 4.65. The zero-order chi connectivity index (χ0) is 12.3. The van der Waals surface area contributed by atoms with Gasteiger partial charge in [0.25, 0.3) is 0 Å². The summed E-state index contributed by atoms with van der Waals surface area (Å²) >= 11 is 0. The average molecular weight is 226 g/mol. The van der Waals surface area contributed by atoms with E-state index in [0.29, 0.717) is 11.7 Å². The summed E-state index contributed by atoms with van der Waals surface area (Å²) in [5.74, 6) is 0.627. The Labute approximate surface area is 93.0 Å². The molecule has 0 bridgehead atoms. The summed E-state index contributed by atoms with van der Waals surface area (Å²) in [6.45, 7) is 3.17. The summed E-state index contributed by atoms with van der Waals surface area (Å²) < 4.78 is 0. The molecule has 1 rings (SSSR count). The molecule has 0 aromatic rings. The molecule has 1 aliphatic rings. The summed E-state index contributed by atoms with van der Waals surface area (Å²) in [6.07, 6.45) is 0. The second-order valence-electron chi connectivity index (χ2n) is 3.03. The van der Waals surface area contributed by atoms with Gasteiger partial charge < -0.3 is 10.6 Å². The van der Waals surface area contributed by atoms with Crippen LogP contribution in [-0.2, 0) is 0 Å². The molecule has 0 aromatic carbocycles. The number of rotatable bonds is 0. The van der Waals surface area contributed by atoms with E-state index in [1.807, 2.05) is 0 Å². The van der Waals surface area contributed by atoms with Crippen molar-refractivity contribution in [3.05, 3.63) is 0 Å². The van der Waals surface area contributed by atoms with Gasteiger partial charge in [0.1, 0.15) is 0 Å². The SMILES string of the molecule is CNC(=O)N1N=C(C)N(C(=O)NC)N=C1C. The maximum absolute atomic E-state index is 11.4. The molecule has 0 unspecified atom stereocenters. The number of nitrogens with one attached hydrogen (secondary N) is 2. The summed E-state index contributed by atoms with van der Waals surface area (Å²) in [5, 5.41) is 14.9. The van der Waals surface area contributed by atoms with E-state index in [0.717, 1.165) is 10.0 Å². The first kappa shape index (κ1) is 12.0. The van der Waals surface area contributed by atoms with Gasteiger partial charge in [0.2, 0.25) is 0 Å². The summed E-state index contributed by atoms with van der Waals surface area (Å²) in [7, 11) is 2.98. The molecule has 1 heterocycles. The Balaban J connectivity index is 2.96. The van der Waals surface area contributed by atoms with Crippen LogP contribution >= 0.6 is 0 Å². The monoisotopic (exact) mass is 226 g/mol. The number of amidine groups is 2. The van der Waals surface area contributed by atoms with Crippen LogP contribution < -0.4 is 10.6 Å². The Morgan fingerprint density at radius 3 is 1.50 bits per heavy atom. The van der Waals surface area contributed by atoms with E-state index in [-0.39, 0.29) is 0 Å². The normalized spacial score (nSPS) is 15.2. The van der Waals surface area contributed by atoms with Gasteiger partial charge >= 0.3 is 12.1 Å². The van der Waals surface area contributed by atoms with Crippen molar-refractivity contribution in [3.63, 3.8) is 0 Å². The molecule has 2 N–H and O–H groups in total. The maximum atomic E-state index is 11.4. The highest BCUT2D eigenvalue weighted by Gasteiger charge is 2.25. The van der Waals surface area contributed by atoms with Crippen LogP contribution in [0.4, 0.5) is 9.59 Å². The lowest BCUT2D eigenvalue weighted by Crippen LogP contribution is -2.47. The van der Waals surface area contributed by atoms with E-state index in [1.165, 1.54) is 14.1 Å². The molecule has 8 heteroatoms. The van der Waals surface area contributed by atoms with Gasteiger partial charge in [0, 0.05) is 14.1 Å². The number of hydrogen-bond donors (Lipinski definition) is 2. The minimum Gasteiger partial charge on any atom is -0.339 e. The molecule has 0 aromatic heterocycles. The lowest BCUT2D eigenvalue weighted by Gasteiger charge is -2.26. The van der Waals surface area contributed by atoms with Crippen molar-refractivity contribution in [2.75, 3.05) is 14.1 Å². The third-order valence-corrected chi connectivity index (χ3v) is 1.91. The first-order chi connectivity index (χ1) is 7.51. The molecule has 0 saturated heterocycles. The van der Waals surface area contributed by atoms with E-state index in [4.69, 9.17) is 0 Å². The van der Waals surface area contributed by atoms with Crippen LogP contribution in [0.3, 0.4) is 0 Å². The first-order valence-corrected chi connectivity index (χ1v) is 4.65. The van der Waals surface area contributed by atoms with Crippen molar-refractivity contribution in [1.29, 1.82) is 0 Å². The molecule has 16 heavy (non-hydrogen) atoms. The van der Waals surface area contributed by atoms with E-state index in [9.17, 15) is 9.59 Å². The summed E-state index contributed by atoms with van der Waals surface area (Å²) in [5.41, 5.74) is 0. The summed E-state index contributed by atoms with van der Waals surface area (Å²) in [6, 6.07) is -0.811.